The number of likely N-dealkylation sites (tertiary alicyclic amines) is 1. The topological polar surface area (TPSA) is 74.7 Å². The lowest BCUT2D eigenvalue weighted by atomic mass is 9.90. The first-order chi connectivity index (χ1) is 11.2. The van der Waals surface area contributed by atoms with E-state index in [4.69, 9.17) is 4.74 Å². The van der Waals surface area contributed by atoms with E-state index in [1.807, 2.05) is 12.1 Å². The fourth-order valence-electron chi connectivity index (χ4n) is 3.05. The van der Waals surface area contributed by atoms with Gasteiger partial charge in [-0.1, -0.05) is 0 Å². The minimum absolute atomic E-state index is 0.0586. The molecule has 1 amide bonds. The molecule has 23 heavy (non-hydrogen) atoms. The fraction of sp³-hybridized carbons (Fsp3) is 0.647. The lowest BCUT2D eigenvalue weighted by molar-refractivity contribution is -0.133. The van der Waals surface area contributed by atoms with Crippen LogP contribution in [0.15, 0.2) is 18.3 Å². The Kier molecular flexibility index (Phi) is 5.13. The molecule has 1 aromatic rings. The summed E-state index contributed by atoms with van der Waals surface area (Å²) in [6.45, 7) is 2.52. The number of aliphatic hydroxyl groups is 1. The van der Waals surface area contributed by atoms with Crippen LogP contribution in [0.5, 0.6) is 5.75 Å². The van der Waals surface area contributed by atoms with Gasteiger partial charge >= 0.3 is 0 Å². The summed E-state index contributed by atoms with van der Waals surface area (Å²) in [7, 11) is 1.65. The zero-order chi connectivity index (χ0) is 16.2. The van der Waals surface area contributed by atoms with Gasteiger partial charge in [-0.2, -0.15) is 0 Å². The molecule has 0 spiro atoms. The molecule has 1 aliphatic carbocycles. The number of piperidine rings is 1. The van der Waals surface area contributed by atoms with E-state index in [-0.39, 0.29) is 11.8 Å². The van der Waals surface area contributed by atoms with Crippen LogP contribution >= 0.6 is 0 Å². The molecule has 6 nitrogen and oxygen atoms in total. The van der Waals surface area contributed by atoms with Gasteiger partial charge in [-0.15, -0.1) is 0 Å². The van der Waals surface area contributed by atoms with Crippen LogP contribution in [0.1, 0.15) is 31.4 Å². The molecule has 2 heterocycles. The van der Waals surface area contributed by atoms with Crippen molar-refractivity contribution >= 4 is 5.91 Å². The van der Waals surface area contributed by atoms with Gasteiger partial charge < -0.3 is 15.2 Å². The molecule has 0 aromatic carbocycles. The van der Waals surface area contributed by atoms with Crippen molar-refractivity contribution in [1.82, 2.24) is 15.2 Å². The maximum absolute atomic E-state index is 11.9. The second-order valence-corrected chi connectivity index (χ2v) is 6.53. The third-order valence-corrected chi connectivity index (χ3v) is 4.68. The second kappa shape index (κ2) is 7.27. The lowest BCUT2D eigenvalue weighted by Gasteiger charge is -2.33. The van der Waals surface area contributed by atoms with E-state index < -0.39 is 6.10 Å². The van der Waals surface area contributed by atoms with Gasteiger partial charge in [0.05, 0.1) is 12.8 Å². The highest BCUT2D eigenvalue weighted by Gasteiger charge is 2.32. The maximum Gasteiger partial charge on any atom is 0.249 e. The van der Waals surface area contributed by atoms with Crippen LogP contribution in [0, 0.1) is 5.92 Å². The first-order valence-corrected chi connectivity index (χ1v) is 8.35. The largest absolute Gasteiger partial charge is 0.497 e. The zero-order valence-electron chi connectivity index (χ0n) is 13.6. The minimum atomic E-state index is -0.868. The maximum atomic E-state index is 11.9. The van der Waals surface area contributed by atoms with Crippen LogP contribution in [0.3, 0.4) is 0 Å². The van der Waals surface area contributed by atoms with Crippen molar-refractivity contribution in [2.45, 2.75) is 44.4 Å². The highest BCUT2D eigenvalue weighted by Crippen LogP contribution is 2.24. The highest BCUT2D eigenvalue weighted by molar-refractivity contribution is 5.81. The monoisotopic (exact) mass is 319 g/mol. The number of hydrogen-bond acceptors (Lipinski definition) is 5. The van der Waals surface area contributed by atoms with Crippen molar-refractivity contribution in [2.24, 2.45) is 5.92 Å². The number of aliphatic hydroxyl groups excluding tert-OH is 1. The van der Waals surface area contributed by atoms with Crippen LogP contribution in [-0.4, -0.2) is 53.2 Å². The number of hydrogen-bond donors (Lipinski definition) is 2. The smallest absolute Gasteiger partial charge is 0.249 e. The Morgan fingerprint density at radius 1 is 1.43 bits per heavy atom. The summed E-state index contributed by atoms with van der Waals surface area (Å²) in [4.78, 5) is 18.6. The number of nitrogens with zero attached hydrogens (tertiary/aromatic N) is 2. The van der Waals surface area contributed by atoms with Gasteiger partial charge in [0.15, 0.2) is 0 Å². The summed E-state index contributed by atoms with van der Waals surface area (Å²) in [5.74, 6) is 0.681. The third-order valence-electron chi connectivity index (χ3n) is 4.68. The summed E-state index contributed by atoms with van der Waals surface area (Å²) in [6, 6.07) is 4.09. The molecule has 1 aromatic heterocycles. The molecular weight excluding hydrogens is 294 g/mol. The number of methoxy groups -OCH3 is 1. The van der Waals surface area contributed by atoms with Gasteiger partial charge in [0, 0.05) is 24.8 Å². The quantitative estimate of drug-likeness (QED) is 0.816. The van der Waals surface area contributed by atoms with E-state index in [9.17, 15) is 9.90 Å². The van der Waals surface area contributed by atoms with Gasteiger partial charge in [0.2, 0.25) is 5.91 Å². The van der Waals surface area contributed by atoms with Crippen molar-refractivity contribution in [3.8, 4) is 5.75 Å². The number of pyridine rings is 1. The molecule has 3 rings (SSSR count). The Morgan fingerprint density at radius 3 is 2.83 bits per heavy atom. The molecule has 126 valence electrons. The van der Waals surface area contributed by atoms with Crippen molar-refractivity contribution in [1.29, 1.82) is 0 Å². The molecule has 2 aliphatic rings. The number of aromatic nitrogens is 1. The summed E-state index contributed by atoms with van der Waals surface area (Å²) in [5.41, 5.74) is 0.981. The van der Waals surface area contributed by atoms with E-state index in [0.717, 1.165) is 56.8 Å². The number of rotatable bonds is 6. The van der Waals surface area contributed by atoms with Crippen LogP contribution < -0.4 is 10.1 Å². The third kappa shape index (κ3) is 4.42. The van der Waals surface area contributed by atoms with Crippen molar-refractivity contribution in [3.63, 3.8) is 0 Å². The molecule has 0 bridgehead atoms. The van der Waals surface area contributed by atoms with E-state index in [1.165, 1.54) is 0 Å². The summed E-state index contributed by atoms with van der Waals surface area (Å²) in [5, 5.41) is 13.1. The first kappa shape index (κ1) is 16.2. The van der Waals surface area contributed by atoms with Crippen LogP contribution in [0.4, 0.5) is 0 Å². The predicted octanol–water partition coefficient (Wildman–Crippen LogP) is 0.942. The van der Waals surface area contributed by atoms with Gasteiger partial charge in [0.25, 0.3) is 0 Å². The molecule has 2 fully saturated rings. The average Bonchev–Trinajstić information content (AvgIpc) is 3.39. The van der Waals surface area contributed by atoms with Crippen molar-refractivity contribution < 1.29 is 14.6 Å². The number of carbonyl (C=O) groups excluding carboxylic acids is 1. The highest BCUT2D eigenvalue weighted by atomic mass is 16.5. The van der Waals surface area contributed by atoms with E-state index in [2.05, 4.69) is 15.2 Å². The van der Waals surface area contributed by atoms with Gasteiger partial charge in [-0.05, 0) is 50.8 Å². The molecule has 1 saturated heterocycles. The molecule has 1 aliphatic heterocycles. The van der Waals surface area contributed by atoms with Gasteiger partial charge in [0.1, 0.15) is 11.9 Å². The zero-order valence-corrected chi connectivity index (χ0v) is 13.6. The van der Waals surface area contributed by atoms with Gasteiger partial charge in [-0.3, -0.25) is 14.7 Å². The molecule has 0 unspecified atom stereocenters. The number of nitrogens with one attached hydrogen (secondary N) is 1. The van der Waals surface area contributed by atoms with E-state index in [1.54, 1.807) is 13.3 Å². The Labute approximate surface area is 136 Å². The number of carbonyl (C=O) groups is 1. The predicted molar refractivity (Wildman–Crippen MR) is 86.0 cm³/mol. The van der Waals surface area contributed by atoms with Crippen molar-refractivity contribution in [3.05, 3.63) is 24.0 Å². The standard InChI is InChI=1S/C17H25N3O3/c1-23-15-4-7-18-14(10-15)11-20-8-5-12(6-9-20)16(21)17(22)19-13-2-3-13/h4,7,10,12-13,16,21H,2-3,5-6,8-9,11H2,1H3,(H,19,22)/t16-/m1/s1. The van der Waals surface area contributed by atoms with Gasteiger partial charge in [-0.25, -0.2) is 0 Å². The Balaban J connectivity index is 1.46. The second-order valence-electron chi connectivity index (χ2n) is 6.53. The summed E-state index contributed by atoms with van der Waals surface area (Å²) in [6.07, 6.45) is 4.65. The molecule has 0 radical (unpaired) electrons. The minimum Gasteiger partial charge on any atom is -0.497 e. The average molecular weight is 319 g/mol. The number of amides is 1. The summed E-state index contributed by atoms with van der Waals surface area (Å²) >= 11 is 0. The van der Waals surface area contributed by atoms with Crippen LogP contribution in [0.2, 0.25) is 0 Å². The van der Waals surface area contributed by atoms with Crippen molar-refractivity contribution in [2.75, 3.05) is 20.2 Å². The molecule has 6 heteroatoms. The number of ether oxygens (including phenoxy) is 1. The van der Waals surface area contributed by atoms with E-state index in [0.29, 0.717) is 6.04 Å². The SMILES string of the molecule is COc1ccnc(CN2CCC([C@@H](O)C(=O)NC3CC3)CC2)c1. The molecule has 1 atom stereocenters. The molecule has 2 N–H and O–H groups in total. The van der Waals surface area contributed by atoms with E-state index >= 15 is 0 Å². The Morgan fingerprint density at radius 2 is 2.17 bits per heavy atom. The normalized spacial score (nSPS) is 21.0. The summed E-state index contributed by atoms with van der Waals surface area (Å²) < 4.78 is 5.22. The van der Waals surface area contributed by atoms with Crippen LogP contribution in [0.25, 0.3) is 0 Å². The molecular formula is C17H25N3O3. The van der Waals surface area contributed by atoms with Crippen LogP contribution in [-0.2, 0) is 11.3 Å². The fourth-order valence-corrected chi connectivity index (χ4v) is 3.05. The molecule has 1 saturated carbocycles. The Bertz CT molecular complexity index is 540. The Hall–Kier alpha value is -1.66. The lowest BCUT2D eigenvalue weighted by Crippen LogP contribution is -2.45. The first-order valence-electron chi connectivity index (χ1n) is 8.35.